The number of nitrogens with zero attached hydrogens (tertiary/aromatic N) is 2. The highest BCUT2D eigenvalue weighted by molar-refractivity contribution is 7.92. The number of methoxy groups -OCH3 is 1. The Kier molecular flexibility index (Phi) is 6.03. The molecule has 0 atom stereocenters. The van der Waals surface area contributed by atoms with Gasteiger partial charge in [0.2, 0.25) is 15.9 Å². The van der Waals surface area contributed by atoms with Gasteiger partial charge in [0.15, 0.2) is 0 Å². The summed E-state index contributed by atoms with van der Waals surface area (Å²) in [6, 6.07) is 19.1. The van der Waals surface area contributed by atoms with E-state index >= 15 is 0 Å². The van der Waals surface area contributed by atoms with Crippen molar-refractivity contribution in [2.45, 2.75) is 20.4 Å². The smallest absolute Gasteiger partial charge is 0.245 e. The van der Waals surface area contributed by atoms with Crippen molar-refractivity contribution in [3.05, 3.63) is 66.2 Å². The molecule has 172 valence electrons. The lowest BCUT2D eigenvalue weighted by Gasteiger charge is -2.24. The van der Waals surface area contributed by atoms with Crippen LogP contribution in [0.1, 0.15) is 12.5 Å². The topological polar surface area (TPSA) is 80.6 Å². The fourth-order valence-corrected chi connectivity index (χ4v) is 5.03. The Balaban J connectivity index is 1.66. The first-order valence-corrected chi connectivity index (χ1v) is 12.5. The van der Waals surface area contributed by atoms with Crippen LogP contribution in [0.4, 0.5) is 11.4 Å². The fraction of sp³-hybridized carbons (Fsp3) is 0.240. The maximum Gasteiger partial charge on any atom is 0.245 e. The molecular formula is C25H27N3O4S. The van der Waals surface area contributed by atoms with E-state index in [0.717, 1.165) is 44.5 Å². The lowest BCUT2D eigenvalue weighted by molar-refractivity contribution is -0.114. The number of rotatable bonds is 7. The predicted octanol–water partition coefficient (Wildman–Crippen LogP) is 4.54. The van der Waals surface area contributed by atoms with Crippen molar-refractivity contribution in [3.63, 3.8) is 0 Å². The molecule has 0 fully saturated rings. The van der Waals surface area contributed by atoms with Gasteiger partial charge in [0.1, 0.15) is 12.3 Å². The van der Waals surface area contributed by atoms with Crippen molar-refractivity contribution in [2.24, 2.45) is 0 Å². The zero-order valence-electron chi connectivity index (χ0n) is 19.1. The Morgan fingerprint density at radius 2 is 1.76 bits per heavy atom. The van der Waals surface area contributed by atoms with E-state index in [2.05, 4.69) is 28.9 Å². The summed E-state index contributed by atoms with van der Waals surface area (Å²) >= 11 is 0. The second kappa shape index (κ2) is 8.78. The quantitative estimate of drug-likeness (QED) is 0.435. The number of sulfonamides is 1. The van der Waals surface area contributed by atoms with Gasteiger partial charge in [0, 0.05) is 34.0 Å². The summed E-state index contributed by atoms with van der Waals surface area (Å²) in [6.07, 6.45) is 1.08. The number of nitrogens with one attached hydrogen (secondary N) is 1. The van der Waals surface area contributed by atoms with Gasteiger partial charge in [-0.25, -0.2) is 8.42 Å². The van der Waals surface area contributed by atoms with E-state index in [4.69, 9.17) is 4.74 Å². The third-order valence-electron chi connectivity index (χ3n) is 5.66. The zero-order valence-corrected chi connectivity index (χ0v) is 19.9. The highest BCUT2D eigenvalue weighted by Crippen LogP contribution is 2.32. The van der Waals surface area contributed by atoms with Gasteiger partial charge in [0.25, 0.3) is 0 Å². The average molecular weight is 466 g/mol. The summed E-state index contributed by atoms with van der Waals surface area (Å²) in [6.45, 7) is 4.41. The number of aromatic nitrogens is 1. The summed E-state index contributed by atoms with van der Waals surface area (Å²) in [4.78, 5) is 12.9. The lowest BCUT2D eigenvalue weighted by atomic mass is 10.1. The van der Waals surface area contributed by atoms with E-state index in [-0.39, 0.29) is 6.54 Å². The molecule has 0 radical (unpaired) electrons. The monoisotopic (exact) mass is 465 g/mol. The minimum Gasteiger partial charge on any atom is -0.495 e. The van der Waals surface area contributed by atoms with Crippen molar-refractivity contribution < 1.29 is 17.9 Å². The molecule has 8 heteroatoms. The highest BCUT2D eigenvalue weighted by Gasteiger charge is 2.24. The summed E-state index contributed by atoms with van der Waals surface area (Å²) in [5.74, 6) is -0.0600. The minimum atomic E-state index is -3.73. The minimum absolute atomic E-state index is 0.330. The summed E-state index contributed by atoms with van der Waals surface area (Å²) in [5.41, 5.74) is 4.01. The molecule has 0 saturated carbocycles. The van der Waals surface area contributed by atoms with Gasteiger partial charge in [0.05, 0.1) is 19.1 Å². The molecule has 0 bridgehead atoms. The third kappa shape index (κ3) is 4.39. The number of carbonyl (C=O) groups excluding carboxylic acids is 1. The highest BCUT2D eigenvalue weighted by atomic mass is 32.2. The van der Waals surface area contributed by atoms with Crippen molar-refractivity contribution in [1.82, 2.24) is 4.57 Å². The number of amides is 1. The first-order chi connectivity index (χ1) is 15.7. The van der Waals surface area contributed by atoms with Crippen LogP contribution in [-0.2, 0) is 21.4 Å². The molecule has 4 aromatic rings. The Morgan fingerprint density at radius 1 is 1.03 bits per heavy atom. The van der Waals surface area contributed by atoms with Gasteiger partial charge in [-0.15, -0.1) is 0 Å². The number of anilines is 2. The normalized spacial score (nSPS) is 11.6. The first kappa shape index (κ1) is 22.7. The van der Waals surface area contributed by atoms with Crippen LogP contribution in [-0.4, -0.2) is 38.8 Å². The number of aryl methyl sites for hydroxylation is 2. The molecule has 3 aromatic carbocycles. The summed E-state index contributed by atoms with van der Waals surface area (Å²) in [7, 11) is -2.26. The molecule has 4 rings (SSSR count). The van der Waals surface area contributed by atoms with Crippen LogP contribution in [0.3, 0.4) is 0 Å². The van der Waals surface area contributed by atoms with Crippen molar-refractivity contribution in [3.8, 4) is 5.75 Å². The Bertz CT molecular complexity index is 1460. The number of benzene rings is 3. The number of carbonyl (C=O) groups is 1. The second-order valence-electron chi connectivity index (χ2n) is 7.99. The number of para-hydroxylation sites is 1. The largest absolute Gasteiger partial charge is 0.495 e. The van der Waals surface area contributed by atoms with E-state index in [1.807, 2.05) is 43.3 Å². The van der Waals surface area contributed by atoms with Crippen LogP contribution in [0, 0.1) is 6.92 Å². The SMILES string of the molecule is CCn1c2ccccc2c2cc(NC(=O)CN(c3cc(C)ccc3OC)S(C)(=O)=O)ccc21. The van der Waals surface area contributed by atoms with Crippen molar-refractivity contribution in [1.29, 1.82) is 0 Å². The van der Waals surface area contributed by atoms with Crippen LogP contribution in [0.2, 0.25) is 0 Å². The van der Waals surface area contributed by atoms with E-state index in [9.17, 15) is 13.2 Å². The standard InChI is InChI=1S/C25H27N3O4S/c1-5-27-21-9-7-6-8-19(21)20-15-18(11-12-22(20)27)26-25(29)16-28(33(4,30)31)23-14-17(2)10-13-24(23)32-3/h6-15H,5,16H2,1-4H3,(H,26,29). The van der Waals surface area contributed by atoms with Gasteiger partial charge >= 0.3 is 0 Å². The number of ether oxygens (including phenoxy) is 1. The van der Waals surface area contributed by atoms with Gasteiger partial charge in [-0.3, -0.25) is 9.10 Å². The molecule has 1 aromatic heterocycles. The van der Waals surface area contributed by atoms with Crippen molar-refractivity contribution in [2.75, 3.05) is 29.5 Å². The van der Waals surface area contributed by atoms with Gasteiger partial charge in [-0.05, 0) is 55.8 Å². The maximum atomic E-state index is 12.9. The molecular weight excluding hydrogens is 438 g/mol. The molecule has 0 unspecified atom stereocenters. The van der Waals surface area contributed by atoms with Crippen LogP contribution in [0.5, 0.6) is 5.75 Å². The molecule has 7 nitrogen and oxygen atoms in total. The molecule has 1 N–H and O–H groups in total. The molecule has 0 spiro atoms. The number of hydrogen-bond acceptors (Lipinski definition) is 4. The number of fused-ring (bicyclic) bond motifs is 3. The lowest BCUT2D eigenvalue weighted by Crippen LogP contribution is -2.37. The maximum absolute atomic E-state index is 12.9. The second-order valence-corrected chi connectivity index (χ2v) is 9.89. The molecule has 0 aliphatic heterocycles. The summed E-state index contributed by atoms with van der Waals surface area (Å²) < 4.78 is 33.7. The molecule has 1 amide bonds. The predicted molar refractivity (Wildman–Crippen MR) is 134 cm³/mol. The Hall–Kier alpha value is -3.52. The van der Waals surface area contributed by atoms with Crippen LogP contribution in [0.25, 0.3) is 21.8 Å². The number of hydrogen-bond donors (Lipinski definition) is 1. The van der Waals surface area contributed by atoms with E-state index in [1.165, 1.54) is 7.11 Å². The average Bonchev–Trinajstić information content (AvgIpc) is 3.09. The molecule has 0 aliphatic rings. The molecule has 33 heavy (non-hydrogen) atoms. The molecule has 1 heterocycles. The van der Waals surface area contributed by atoms with Crippen LogP contribution in [0.15, 0.2) is 60.7 Å². The third-order valence-corrected chi connectivity index (χ3v) is 6.79. The van der Waals surface area contributed by atoms with Crippen molar-refractivity contribution >= 4 is 49.1 Å². The van der Waals surface area contributed by atoms with E-state index in [0.29, 0.717) is 17.1 Å². The van der Waals surface area contributed by atoms with E-state index < -0.39 is 15.9 Å². The molecule has 0 aliphatic carbocycles. The van der Waals surface area contributed by atoms with Crippen LogP contribution >= 0.6 is 0 Å². The molecule has 0 saturated heterocycles. The summed E-state index contributed by atoms with van der Waals surface area (Å²) in [5, 5.41) is 4.99. The van der Waals surface area contributed by atoms with Gasteiger partial charge in [-0.2, -0.15) is 0 Å². The van der Waals surface area contributed by atoms with Gasteiger partial charge in [-0.1, -0.05) is 24.3 Å². The van der Waals surface area contributed by atoms with Gasteiger partial charge < -0.3 is 14.6 Å². The zero-order chi connectivity index (χ0) is 23.8. The van der Waals surface area contributed by atoms with Crippen LogP contribution < -0.4 is 14.4 Å². The Morgan fingerprint density at radius 3 is 2.45 bits per heavy atom. The fourth-order valence-electron chi connectivity index (χ4n) is 4.18. The first-order valence-electron chi connectivity index (χ1n) is 10.7. The van der Waals surface area contributed by atoms with E-state index in [1.54, 1.807) is 12.1 Å². The Labute approximate surface area is 193 Å².